The first-order valence-electron chi connectivity index (χ1n) is 15.6. The molecule has 0 spiro atoms. The van der Waals surface area contributed by atoms with Gasteiger partial charge in [-0.05, 0) is 43.5 Å². The summed E-state index contributed by atoms with van der Waals surface area (Å²) in [5.74, 6) is -0.271. The molecule has 0 bridgehead atoms. The third-order valence-electron chi connectivity index (χ3n) is 8.06. The monoisotopic (exact) mass is 534 g/mol. The number of hydrogen-bond acceptors (Lipinski definition) is 4. The van der Waals surface area contributed by atoms with Crippen LogP contribution in [0.5, 0.6) is 0 Å². The van der Waals surface area contributed by atoms with Crippen LogP contribution in [0.25, 0.3) is 21.9 Å². The minimum absolute atomic E-state index is 0.0577. The fourth-order valence-corrected chi connectivity index (χ4v) is 5.41. The molecule has 4 nitrogen and oxygen atoms in total. The van der Waals surface area contributed by atoms with E-state index in [1.165, 1.54) is 89.9 Å². The van der Waals surface area contributed by atoms with Crippen LogP contribution in [0, 0.1) is 13.8 Å². The Balaban J connectivity index is 1.28. The van der Waals surface area contributed by atoms with Gasteiger partial charge in [-0.3, -0.25) is 9.59 Å². The van der Waals surface area contributed by atoms with Crippen molar-refractivity contribution in [1.82, 2.24) is 0 Å². The summed E-state index contributed by atoms with van der Waals surface area (Å²) in [4.78, 5) is 25.6. The van der Waals surface area contributed by atoms with E-state index in [2.05, 4.69) is 6.92 Å². The number of ether oxygens (including phenoxy) is 1. The van der Waals surface area contributed by atoms with Crippen molar-refractivity contribution in [3.63, 3.8) is 0 Å². The molecule has 4 heteroatoms. The molecular formula is C35H50O4. The molecule has 0 unspecified atom stereocenters. The van der Waals surface area contributed by atoms with Crippen LogP contribution < -0.4 is 5.43 Å². The minimum atomic E-state index is -0.271. The van der Waals surface area contributed by atoms with E-state index in [0.717, 1.165) is 24.0 Å². The number of carbonyl (C=O) groups is 1. The average molecular weight is 535 g/mol. The molecule has 0 amide bonds. The third kappa shape index (κ3) is 9.81. The van der Waals surface area contributed by atoms with Gasteiger partial charge in [0.05, 0.1) is 23.8 Å². The molecule has 39 heavy (non-hydrogen) atoms. The number of carbonyl (C=O) groups excluding carboxylic acids is 1. The topological polar surface area (TPSA) is 56.5 Å². The number of esters is 1. The van der Waals surface area contributed by atoms with Crippen LogP contribution in [0.1, 0.15) is 126 Å². The van der Waals surface area contributed by atoms with Gasteiger partial charge in [-0.1, -0.05) is 121 Å². The molecule has 0 aliphatic rings. The van der Waals surface area contributed by atoms with Crippen molar-refractivity contribution in [2.24, 2.45) is 0 Å². The Bertz CT molecular complexity index is 1220. The second-order valence-electron chi connectivity index (χ2n) is 11.3. The lowest BCUT2D eigenvalue weighted by atomic mass is 10.0. The maximum Gasteiger partial charge on any atom is 0.310 e. The van der Waals surface area contributed by atoms with Crippen molar-refractivity contribution in [3.05, 3.63) is 57.2 Å². The Labute approximate surface area is 235 Å². The van der Waals surface area contributed by atoms with E-state index in [9.17, 15) is 9.59 Å². The first kappa shape index (κ1) is 30.9. The molecule has 0 aliphatic carbocycles. The van der Waals surface area contributed by atoms with E-state index in [1.54, 1.807) is 6.07 Å². The second kappa shape index (κ2) is 17.2. The van der Waals surface area contributed by atoms with Crippen LogP contribution in [0.2, 0.25) is 0 Å². The molecule has 3 rings (SSSR count). The molecule has 3 aromatic rings. The zero-order chi connectivity index (χ0) is 27.9. The standard InChI is InChI=1S/C35H50O4/c1-4-5-6-7-8-9-10-11-12-13-14-15-16-17-18-19-25-38-32(36)26-29-21-20-22-30-33(37)31-24-23-27(2)28(3)34(31)39-35(29)30/h20-24H,4-19,25-26H2,1-3H3. The third-order valence-corrected chi connectivity index (χ3v) is 8.06. The lowest BCUT2D eigenvalue weighted by molar-refractivity contribution is -0.142. The van der Waals surface area contributed by atoms with E-state index in [4.69, 9.17) is 9.15 Å². The molecule has 214 valence electrons. The number of unbranched alkanes of at least 4 members (excludes halogenated alkanes) is 15. The summed E-state index contributed by atoms with van der Waals surface area (Å²) in [5.41, 5.74) is 3.75. The lowest BCUT2D eigenvalue weighted by Crippen LogP contribution is -2.11. The molecule has 1 aromatic heterocycles. The maximum atomic E-state index is 13.1. The van der Waals surface area contributed by atoms with Crippen LogP contribution in [0.3, 0.4) is 0 Å². The quantitative estimate of drug-likeness (QED) is 0.0872. The molecule has 0 atom stereocenters. The van der Waals surface area contributed by atoms with Gasteiger partial charge in [-0.2, -0.15) is 0 Å². The second-order valence-corrected chi connectivity index (χ2v) is 11.3. The van der Waals surface area contributed by atoms with Gasteiger partial charge in [0.25, 0.3) is 0 Å². The molecule has 0 N–H and O–H groups in total. The van der Waals surface area contributed by atoms with E-state index in [-0.39, 0.29) is 17.8 Å². The van der Waals surface area contributed by atoms with Gasteiger partial charge in [0.1, 0.15) is 11.2 Å². The van der Waals surface area contributed by atoms with Gasteiger partial charge >= 0.3 is 5.97 Å². The van der Waals surface area contributed by atoms with Gasteiger partial charge in [0, 0.05) is 5.56 Å². The van der Waals surface area contributed by atoms with Crippen molar-refractivity contribution >= 4 is 27.9 Å². The van der Waals surface area contributed by atoms with Crippen molar-refractivity contribution in [2.45, 2.75) is 130 Å². The summed E-state index contributed by atoms with van der Waals surface area (Å²) in [6.07, 6.45) is 21.2. The Morgan fingerprint density at radius 3 is 1.82 bits per heavy atom. The fraction of sp³-hybridized carbons (Fsp3) is 0.600. The molecule has 2 aromatic carbocycles. The number of aryl methyl sites for hydroxylation is 2. The zero-order valence-corrected chi connectivity index (χ0v) is 24.7. The normalized spacial score (nSPS) is 11.5. The number of hydrogen-bond donors (Lipinski definition) is 0. The van der Waals surface area contributed by atoms with E-state index < -0.39 is 0 Å². The SMILES string of the molecule is CCCCCCCCCCCCCCCCCCOC(=O)Cc1cccc2c(=O)c3ccc(C)c(C)c3oc12. The van der Waals surface area contributed by atoms with Crippen LogP contribution in [0.4, 0.5) is 0 Å². The summed E-state index contributed by atoms with van der Waals surface area (Å²) in [7, 11) is 0. The van der Waals surface area contributed by atoms with Crippen molar-refractivity contribution in [1.29, 1.82) is 0 Å². The first-order chi connectivity index (χ1) is 19.0. The van der Waals surface area contributed by atoms with E-state index in [0.29, 0.717) is 34.1 Å². The first-order valence-corrected chi connectivity index (χ1v) is 15.6. The smallest absolute Gasteiger partial charge is 0.310 e. The Morgan fingerprint density at radius 2 is 1.23 bits per heavy atom. The predicted molar refractivity (Wildman–Crippen MR) is 164 cm³/mol. The molecule has 0 saturated carbocycles. The number of fused-ring (bicyclic) bond motifs is 2. The molecule has 1 heterocycles. The summed E-state index contributed by atoms with van der Waals surface area (Å²) in [5, 5.41) is 1.09. The highest BCUT2D eigenvalue weighted by atomic mass is 16.5. The molecule has 0 radical (unpaired) electrons. The minimum Gasteiger partial charge on any atom is -0.465 e. The number of rotatable bonds is 19. The highest BCUT2D eigenvalue weighted by Crippen LogP contribution is 2.26. The summed E-state index contributed by atoms with van der Waals surface area (Å²) in [6, 6.07) is 9.19. The molecular weight excluding hydrogens is 484 g/mol. The Morgan fingerprint density at radius 1 is 0.692 bits per heavy atom. The summed E-state index contributed by atoms with van der Waals surface area (Å²) < 4.78 is 11.7. The zero-order valence-electron chi connectivity index (χ0n) is 24.7. The van der Waals surface area contributed by atoms with E-state index >= 15 is 0 Å². The Kier molecular flexibility index (Phi) is 13.6. The largest absolute Gasteiger partial charge is 0.465 e. The van der Waals surface area contributed by atoms with Gasteiger partial charge in [-0.25, -0.2) is 0 Å². The highest BCUT2D eigenvalue weighted by molar-refractivity contribution is 5.93. The highest BCUT2D eigenvalue weighted by Gasteiger charge is 2.15. The van der Waals surface area contributed by atoms with Gasteiger partial charge in [-0.15, -0.1) is 0 Å². The molecule has 0 aliphatic heterocycles. The molecule has 0 saturated heterocycles. The molecule has 0 fully saturated rings. The number of benzene rings is 2. The van der Waals surface area contributed by atoms with Crippen molar-refractivity contribution < 1.29 is 13.9 Å². The van der Waals surface area contributed by atoms with Crippen LogP contribution in [-0.4, -0.2) is 12.6 Å². The van der Waals surface area contributed by atoms with E-state index in [1.807, 2.05) is 38.1 Å². The predicted octanol–water partition coefficient (Wildman–Crippen LogP) is 9.91. The maximum absolute atomic E-state index is 13.1. The van der Waals surface area contributed by atoms with Gasteiger partial charge in [0.2, 0.25) is 5.43 Å². The summed E-state index contributed by atoms with van der Waals surface area (Å²) >= 11 is 0. The number of para-hydroxylation sites is 1. The van der Waals surface area contributed by atoms with Gasteiger partial charge < -0.3 is 9.15 Å². The van der Waals surface area contributed by atoms with Crippen LogP contribution >= 0.6 is 0 Å². The lowest BCUT2D eigenvalue weighted by Gasteiger charge is -2.10. The van der Waals surface area contributed by atoms with Crippen molar-refractivity contribution in [2.75, 3.05) is 6.61 Å². The van der Waals surface area contributed by atoms with Crippen LogP contribution in [-0.2, 0) is 16.0 Å². The summed E-state index contributed by atoms with van der Waals surface area (Å²) in [6.45, 7) is 6.69. The fourth-order valence-electron chi connectivity index (χ4n) is 5.41. The Hall–Kier alpha value is -2.62. The average Bonchev–Trinajstić information content (AvgIpc) is 2.93. The van der Waals surface area contributed by atoms with Crippen molar-refractivity contribution in [3.8, 4) is 0 Å². The van der Waals surface area contributed by atoms with Gasteiger partial charge in [0.15, 0.2) is 0 Å². The van der Waals surface area contributed by atoms with Crippen LogP contribution in [0.15, 0.2) is 39.5 Å².